The topological polar surface area (TPSA) is 107 Å². The summed E-state index contributed by atoms with van der Waals surface area (Å²) in [5.74, 6) is -3.86. The van der Waals surface area contributed by atoms with Crippen molar-refractivity contribution in [3.05, 3.63) is 12.7 Å². The van der Waals surface area contributed by atoms with E-state index in [1.54, 1.807) is 11.0 Å². The number of hydrogen-bond acceptors (Lipinski definition) is 5. The molecule has 9 heteroatoms. The van der Waals surface area contributed by atoms with Crippen LogP contribution in [0.4, 0.5) is 0 Å². The Balaban J connectivity index is 2.16. The zero-order valence-corrected chi connectivity index (χ0v) is 20.1. The lowest BCUT2D eigenvalue weighted by Gasteiger charge is -2.41. The van der Waals surface area contributed by atoms with E-state index >= 15 is 0 Å². The molecule has 3 unspecified atom stereocenters. The highest BCUT2D eigenvalue weighted by molar-refractivity contribution is 9.09. The highest BCUT2D eigenvalue weighted by Crippen LogP contribution is 2.60. The van der Waals surface area contributed by atoms with Crippen molar-refractivity contribution >= 4 is 33.7 Å². The van der Waals surface area contributed by atoms with Gasteiger partial charge in [-0.1, -0.05) is 42.3 Å². The molecule has 3 heterocycles. The molecule has 0 radical (unpaired) electrons. The maximum atomic E-state index is 13.9. The number of hydrogen-bond donors (Lipinski definition) is 2. The van der Waals surface area contributed by atoms with Gasteiger partial charge in [-0.25, -0.2) is 0 Å². The lowest BCUT2D eigenvalue weighted by atomic mass is 9.70. The third kappa shape index (κ3) is 3.53. The van der Waals surface area contributed by atoms with Crippen LogP contribution in [0, 0.1) is 17.8 Å². The number of aliphatic hydroxyl groups excluding tert-OH is 1. The molecule has 1 spiro atoms. The van der Waals surface area contributed by atoms with Gasteiger partial charge in [-0.15, -0.1) is 6.58 Å². The summed E-state index contributed by atoms with van der Waals surface area (Å²) in [7, 11) is 0. The third-order valence-corrected chi connectivity index (χ3v) is 8.17. The first kappa shape index (κ1) is 24.2. The van der Waals surface area contributed by atoms with Crippen LogP contribution in [-0.4, -0.2) is 85.6 Å². The number of carboxylic acids is 1. The lowest BCUT2D eigenvalue weighted by Crippen LogP contribution is -2.60. The summed E-state index contributed by atoms with van der Waals surface area (Å²) < 4.78 is 6.28. The van der Waals surface area contributed by atoms with Gasteiger partial charge in [0.25, 0.3) is 0 Å². The van der Waals surface area contributed by atoms with Crippen molar-refractivity contribution in [1.29, 1.82) is 0 Å². The van der Waals surface area contributed by atoms with Crippen LogP contribution in [-0.2, 0) is 19.1 Å². The van der Waals surface area contributed by atoms with E-state index in [9.17, 15) is 24.6 Å². The number of fused-ring (bicyclic) bond motifs is 1. The van der Waals surface area contributed by atoms with Gasteiger partial charge in [-0.2, -0.15) is 0 Å². The highest BCUT2D eigenvalue weighted by atomic mass is 79.9. The number of rotatable bonds is 9. The number of amides is 2. The number of alkyl halides is 1. The van der Waals surface area contributed by atoms with Gasteiger partial charge in [0, 0.05) is 17.4 Å². The van der Waals surface area contributed by atoms with Gasteiger partial charge < -0.3 is 24.7 Å². The standard InChI is InChI=1S/C22H33BrN2O6/c1-6-8-24(11(3)4)20(28)18-22-9-13(23)17(31-22)15(21(29)30)16(22)19(27)25(18)14(10-26)12(5)7-2/h6,11-18,26H,1,7-10H2,2-5H3,(H,29,30)/t12-,13?,14-,15-,16-,17-,18?,22?/m0/s1. The predicted octanol–water partition coefficient (Wildman–Crippen LogP) is 1.65. The van der Waals surface area contributed by atoms with E-state index in [0.717, 1.165) is 0 Å². The molecule has 0 aromatic heterocycles. The molecule has 2 amide bonds. The van der Waals surface area contributed by atoms with Crippen molar-refractivity contribution in [3.63, 3.8) is 0 Å². The summed E-state index contributed by atoms with van der Waals surface area (Å²) in [6.07, 6.45) is 2.02. The molecule has 2 bridgehead atoms. The molecule has 3 saturated heterocycles. The molecule has 0 aliphatic carbocycles. The van der Waals surface area contributed by atoms with E-state index in [-0.39, 0.29) is 29.3 Å². The lowest BCUT2D eigenvalue weighted by molar-refractivity contribution is -0.155. The van der Waals surface area contributed by atoms with E-state index in [1.807, 2.05) is 27.7 Å². The normalized spacial score (nSPS) is 35.9. The third-order valence-electron chi connectivity index (χ3n) is 7.32. The summed E-state index contributed by atoms with van der Waals surface area (Å²) in [4.78, 5) is 42.6. The van der Waals surface area contributed by atoms with Crippen LogP contribution in [0.25, 0.3) is 0 Å². The molecule has 0 aromatic rings. The fraction of sp³-hybridized carbons (Fsp3) is 0.773. The SMILES string of the molecule is C=CCN(C(=O)C1N([C@@H](CO)[C@@H](C)CC)C(=O)[C@@H]2[C@H](C(=O)O)[C@H]3OC12CC3Br)C(C)C. The minimum atomic E-state index is -1.23. The van der Waals surface area contributed by atoms with E-state index in [2.05, 4.69) is 22.5 Å². The fourth-order valence-corrected chi connectivity index (χ4v) is 6.59. The molecule has 8 atom stereocenters. The first-order valence-corrected chi connectivity index (χ1v) is 11.9. The van der Waals surface area contributed by atoms with Gasteiger partial charge in [0.1, 0.15) is 11.6 Å². The van der Waals surface area contributed by atoms with Gasteiger partial charge in [0.05, 0.1) is 30.6 Å². The van der Waals surface area contributed by atoms with Crippen LogP contribution in [0.1, 0.15) is 40.5 Å². The summed E-state index contributed by atoms with van der Waals surface area (Å²) in [6.45, 7) is 11.4. The minimum Gasteiger partial charge on any atom is -0.481 e. The number of ether oxygens (including phenoxy) is 1. The smallest absolute Gasteiger partial charge is 0.310 e. The second kappa shape index (κ2) is 8.83. The van der Waals surface area contributed by atoms with E-state index in [1.165, 1.54) is 4.90 Å². The first-order valence-electron chi connectivity index (χ1n) is 11.0. The van der Waals surface area contributed by atoms with Gasteiger partial charge in [0.15, 0.2) is 0 Å². The van der Waals surface area contributed by atoms with Crippen molar-refractivity contribution in [2.24, 2.45) is 17.8 Å². The number of carbonyl (C=O) groups excluding carboxylic acids is 2. The van der Waals surface area contributed by atoms with Gasteiger partial charge in [0.2, 0.25) is 11.8 Å². The Morgan fingerprint density at radius 1 is 1.42 bits per heavy atom. The Bertz CT molecular complexity index is 760. The molecule has 2 N–H and O–H groups in total. The fourth-order valence-electron chi connectivity index (χ4n) is 5.65. The Morgan fingerprint density at radius 3 is 2.55 bits per heavy atom. The van der Waals surface area contributed by atoms with Gasteiger partial charge in [-0.3, -0.25) is 14.4 Å². The number of carbonyl (C=O) groups is 3. The van der Waals surface area contributed by atoms with Crippen molar-refractivity contribution < 1.29 is 29.3 Å². The summed E-state index contributed by atoms with van der Waals surface area (Å²) >= 11 is 3.54. The van der Waals surface area contributed by atoms with Crippen molar-refractivity contribution in [2.45, 2.75) is 75.2 Å². The molecule has 3 aliphatic rings. The Morgan fingerprint density at radius 2 is 2.06 bits per heavy atom. The van der Waals surface area contributed by atoms with Crippen LogP contribution in [0.3, 0.4) is 0 Å². The van der Waals surface area contributed by atoms with Crippen molar-refractivity contribution in [3.8, 4) is 0 Å². The zero-order valence-electron chi connectivity index (χ0n) is 18.5. The Labute approximate surface area is 191 Å². The number of halogens is 1. The number of aliphatic carboxylic acids is 1. The Kier molecular flexibility index (Phi) is 6.89. The summed E-state index contributed by atoms with van der Waals surface area (Å²) in [6, 6.07) is -1.74. The van der Waals surface area contributed by atoms with Crippen LogP contribution in [0.2, 0.25) is 0 Å². The van der Waals surface area contributed by atoms with E-state index in [4.69, 9.17) is 4.74 Å². The monoisotopic (exact) mass is 500 g/mol. The molecular formula is C22H33BrN2O6. The average molecular weight is 501 g/mol. The van der Waals surface area contributed by atoms with Gasteiger partial charge in [-0.05, 0) is 26.2 Å². The maximum Gasteiger partial charge on any atom is 0.310 e. The molecule has 31 heavy (non-hydrogen) atoms. The number of aliphatic hydroxyl groups is 1. The molecular weight excluding hydrogens is 468 g/mol. The van der Waals surface area contributed by atoms with Crippen molar-refractivity contribution in [1.82, 2.24) is 9.80 Å². The maximum absolute atomic E-state index is 13.9. The van der Waals surface area contributed by atoms with Gasteiger partial charge >= 0.3 is 5.97 Å². The van der Waals surface area contributed by atoms with Crippen LogP contribution < -0.4 is 0 Å². The second-order valence-corrected chi connectivity index (χ2v) is 10.4. The van der Waals surface area contributed by atoms with E-state index < -0.39 is 47.5 Å². The summed E-state index contributed by atoms with van der Waals surface area (Å²) in [5.41, 5.74) is -1.23. The molecule has 0 aromatic carbocycles. The number of nitrogens with zero attached hydrogens (tertiary/aromatic N) is 2. The largest absolute Gasteiger partial charge is 0.481 e. The number of carboxylic acid groups (broad SMARTS) is 1. The molecule has 8 nitrogen and oxygen atoms in total. The Hall–Kier alpha value is -1.45. The van der Waals surface area contributed by atoms with Crippen LogP contribution in [0.5, 0.6) is 0 Å². The molecule has 3 rings (SSSR count). The van der Waals surface area contributed by atoms with Crippen molar-refractivity contribution in [2.75, 3.05) is 13.2 Å². The molecule has 3 fully saturated rings. The molecule has 3 aliphatic heterocycles. The molecule has 0 saturated carbocycles. The second-order valence-electron chi connectivity index (χ2n) is 9.26. The zero-order chi connectivity index (χ0) is 23.2. The summed E-state index contributed by atoms with van der Waals surface area (Å²) in [5, 5.41) is 20.1. The van der Waals surface area contributed by atoms with Crippen LogP contribution >= 0.6 is 15.9 Å². The highest BCUT2D eigenvalue weighted by Gasteiger charge is 2.77. The quantitative estimate of drug-likeness (QED) is 0.368. The predicted molar refractivity (Wildman–Crippen MR) is 118 cm³/mol. The minimum absolute atomic E-state index is 0.0772. The van der Waals surface area contributed by atoms with Crippen LogP contribution in [0.15, 0.2) is 12.7 Å². The van der Waals surface area contributed by atoms with E-state index in [0.29, 0.717) is 19.4 Å². The average Bonchev–Trinajstić information content (AvgIpc) is 3.30. The first-order chi connectivity index (χ1) is 14.6. The molecule has 174 valence electrons. The number of likely N-dealkylation sites (tertiary alicyclic amines) is 1.